The maximum atomic E-state index is 12.3. The van der Waals surface area contributed by atoms with Gasteiger partial charge in [-0.15, -0.1) is 0 Å². The van der Waals surface area contributed by atoms with Crippen LogP contribution in [-0.4, -0.2) is 26.4 Å². The molecule has 1 aromatic rings. The van der Waals surface area contributed by atoms with E-state index in [-0.39, 0.29) is 16.6 Å². The first-order valence-electron chi connectivity index (χ1n) is 6.30. The summed E-state index contributed by atoms with van der Waals surface area (Å²) in [6, 6.07) is 3.48. The third-order valence-electron chi connectivity index (χ3n) is 2.81. The average Bonchev–Trinajstić information content (AvgIpc) is 2.37. The molecule has 0 fully saturated rings. The largest absolute Gasteiger partial charge is 0.387 e. The van der Waals surface area contributed by atoms with Gasteiger partial charge in [-0.25, -0.2) is 13.1 Å². The molecular weight excluding hydrogens is 282 g/mol. The lowest BCUT2D eigenvalue weighted by Gasteiger charge is -2.15. The Balaban J connectivity index is 3.21. The van der Waals surface area contributed by atoms with E-state index in [0.717, 1.165) is 12.5 Å². The first kappa shape index (κ1) is 16.4. The Morgan fingerprint density at radius 3 is 2.55 bits per heavy atom. The summed E-state index contributed by atoms with van der Waals surface area (Å²) in [4.78, 5) is 10.0. The molecule has 0 saturated heterocycles. The molecule has 1 unspecified atom stereocenters. The molecule has 20 heavy (non-hydrogen) atoms. The summed E-state index contributed by atoms with van der Waals surface area (Å²) in [7, 11) is -2.23. The predicted octanol–water partition coefficient (Wildman–Crippen LogP) is 2.10. The second kappa shape index (κ2) is 6.67. The first-order valence-corrected chi connectivity index (χ1v) is 7.78. The molecular formula is C12H19N3O4S. The normalized spacial score (nSPS) is 12.9. The molecule has 0 radical (unpaired) electrons. The van der Waals surface area contributed by atoms with Gasteiger partial charge in [-0.2, -0.15) is 0 Å². The smallest absolute Gasteiger partial charge is 0.270 e. The number of benzene rings is 1. The molecule has 0 aliphatic heterocycles. The van der Waals surface area contributed by atoms with Crippen LogP contribution in [0.15, 0.2) is 23.1 Å². The van der Waals surface area contributed by atoms with Crippen molar-refractivity contribution in [1.29, 1.82) is 0 Å². The Labute approximate surface area is 118 Å². The van der Waals surface area contributed by atoms with Crippen LogP contribution >= 0.6 is 0 Å². The minimum Gasteiger partial charge on any atom is -0.387 e. The van der Waals surface area contributed by atoms with Crippen LogP contribution in [-0.2, 0) is 10.0 Å². The number of nitro benzene ring substituents is 1. The summed E-state index contributed by atoms with van der Waals surface area (Å²) in [5.74, 6) is 0. The van der Waals surface area contributed by atoms with E-state index in [1.165, 1.54) is 12.1 Å². The van der Waals surface area contributed by atoms with Crippen molar-refractivity contribution >= 4 is 21.4 Å². The maximum Gasteiger partial charge on any atom is 0.270 e. The fourth-order valence-electron chi connectivity index (χ4n) is 1.87. The van der Waals surface area contributed by atoms with E-state index >= 15 is 0 Å². The number of sulfonamides is 1. The summed E-state index contributed by atoms with van der Waals surface area (Å²) >= 11 is 0. The molecule has 1 aromatic carbocycles. The minimum atomic E-state index is -3.80. The Morgan fingerprint density at radius 2 is 2.05 bits per heavy atom. The number of anilines is 1. The van der Waals surface area contributed by atoms with E-state index in [1.54, 1.807) is 14.0 Å². The molecule has 0 saturated carbocycles. The highest BCUT2D eigenvalue weighted by molar-refractivity contribution is 7.89. The van der Waals surface area contributed by atoms with Crippen LogP contribution in [0, 0.1) is 10.1 Å². The fraction of sp³-hybridized carbons (Fsp3) is 0.500. The maximum absolute atomic E-state index is 12.3. The Kier molecular flexibility index (Phi) is 5.46. The minimum absolute atomic E-state index is 0.114. The zero-order valence-corrected chi connectivity index (χ0v) is 12.5. The molecule has 0 amide bonds. The Bertz CT molecular complexity index is 586. The van der Waals surface area contributed by atoms with E-state index in [2.05, 4.69) is 10.0 Å². The van der Waals surface area contributed by atoms with Crippen LogP contribution in [0.2, 0.25) is 0 Å². The average molecular weight is 301 g/mol. The molecule has 0 spiro atoms. The monoisotopic (exact) mass is 301 g/mol. The summed E-state index contributed by atoms with van der Waals surface area (Å²) in [5, 5.41) is 13.5. The molecule has 2 N–H and O–H groups in total. The van der Waals surface area contributed by atoms with Crippen molar-refractivity contribution in [2.75, 3.05) is 12.4 Å². The van der Waals surface area contributed by atoms with Gasteiger partial charge in [-0.1, -0.05) is 13.3 Å². The zero-order valence-electron chi connectivity index (χ0n) is 11.7. The van der Waals surface area contributed by atoms with Gasteiger partial charge in [0, 0.05) is 25.2 Å². The molecule has 1 rings (SSSR count). The van der Waals surface area contributed by atoms with Gasteiger partial charge in [0.2, 0.25) is 10.0 Å². The van der Waals surface area contributed by atoms with Gasteiger partial charge < -0.3 is 5.32 Å². The standard InChI is InChI=1S/C12H19N3O4S/c1-4-5-9(2)14-20(18,19)12-8-10(15(16)17)6-7-11(12)13-3/h6-9,13-14H,4-5H2,1-3H3. The van der Waals surface area contributed by atoms with Crippen LogP contribution in [0.4, 0.5) is 11.4 Å². The van der Waals surface area contributed by atoms with Crippen molar-refractivity contribution in [3.05, 3.63) is 28.3 Å². The number of hydrogen-bond donors (Lipinski definition) is 2. The van der Waals surface area contributed by atoms with Gasteiger partial charge >= 0.3 is 0 Å². The lowest BCUT2D eigenvalue weighted by Crippen LogP contribution is -2.32. The second-order valence-electron chi connectivity index (χ2n) is 4.50. The summed E-state index contributed by atoms with van der Waals surface area (Å²) < 4.78 is 27.1. The number of non-ortho nitro benzene ring substituents is 1. The summed E-state index contributed by atoms with van der Waals surface area (Å²) in [6.07, 6.45) is 1.54. The van der Waals surface area contributed by atoms with E-state index in [1.807, 2.05) is 6.92 Å². The molecule has 8 heteroatoms. The van der Waals surface area contributed by atoms with Crippen LogP contribution in [0.3, 0.4) is 0 Å². The molecule has 112 valence electrons. The number of rotatable bonds is 7. The molecule has 0 aliphatic rings. The topological polar surface area (TPSA) is 101 Å². The van der Waals surface area contributed by atoms with Crippen molar-refractivity contribution in [3.8, 4) is 0 Å². The lowest BCUT2D eigenvalue weighted by atomic mass is 10.2. The highest BCUT2D eigenvalue weighted by Gasteiger charge is 2.23. The van der Waals surface area contributed by atoms with Crippen molar-refractivity contribution < 1.29 is 13.3 Å². The molecule has 0 aromatic heterocycles. The number of hydrogen-bond acceptors (Lipinski definition) is 5. The van der Waals surface area contributed by atoms with E-state index in [4.69, 9.17) is 0 Å². The lowest BCUT2D eigenvalue weighted by molar-refractivity contribution is -0.385. The number of nitrogens with one attached hydrogen (secondary N) is 2. The molecule has 7 nitrogen and oxygen atoms in total. The van der Waals surface area contributed by atoms with Gasteiger partial charge in [0.15, 0.2) is 0 Å². The highest BCUT2D eigenvalue weighted by atomic mass is 32.2. The molecule has 0 bridgehead atoms. The number of nitrogens with zero attached hydrogens (tertiary/aromatic N) is 1. The fourth-order valence-corrected chi connectivity index (χ4v) is 3.38. The van der Waals surface area contributed by atoms with E-state index in [9.17, 15) is 18.5 Å². The van der Waals surface area contributed by atoms with Gasteiger partial charge in [0.05, 0.1) is 10.6 Å². The van der Waals surface area contributed by atoms with Gasteiger partial charge in [-0.3, -0.25) is 10.1 Å². The van der Waals surface area contributed by atoms with Crippen LogP contribution in [0.25, 0.3) is 0 Å². The van der Waals surface area contributed by atoms with Crippen LogP contribution < -0.4 is 10.0 Å². The van der Waals surface area contributed by atoms with E-state index < -0.39 is 14.9 Å². The van der Waals surface area contributed by atoms with Gasteiger partial charge in [-0.05, 0) is 19.4 Å². The van der Waals surface area contributed by atoms with Crippen molar-refractivity contribution in [2.45, 2.75) is 37.6 Å². The van der Waals surface area contributed by atoms with E-state index in [0.29, 0.717) is 12.1 Å². The van der Waals surface area contributed by atoms with Crippen molar-refractivity contribution in [1.82, 2.24) is 4.72 Å². The highest BCUT2D eigenvalue weighted by Crippen LogP contribution is 2.26. The first-order chi connectivity index (χ1) is 9.31. The van der Waals surface area contributed by atoms with Crippen molar-refractivity contribution in [3.63, 3.8) is 0 Å². The Hall–Kier alpha value is -1.67. The van der Waals surface area contributed by atoms with Crippen LogP contribution in [0.5, 0.6) is 0 Å². The zero-order chi connectivity index (χ0) is 15.3. The number of nitro groups is 1. The third kappa shape index (κ3) is 3.91. The van der Waals surface area contributed by atoms with Gasteiger partial charge in [0.1, 0.15) is 4.90 Å². The third-order valence-corrected chi connectivity index (χ3v) is 4.44. The predicted molar refractivity (Wildman–Crippen MR) is 77.3 cm³/mol. The van der Waals surface area contributed by atoms with Crippen LogP contribution in [0.1, 0.15) is 26.7 Å². The quantitative estimate of drug-likeness (QED) is 0.593. The molecule has 1 atom stereocenters. The van der Waals surface area contributed by atoms with Gasteiger partial charge in [0.25, 0.3) is 5.69 Å². The summed E-state index contributed by atoms with van der Waals surface area (Å²) in [5.41, 5.74) is 0.0688. The molecule has 0 heterocycles. The Morgan fingerprint density at radius 1 is 1.40 bits per heavy atom. The second-order valence-corrected chi connectivity index (χ2v) is 6.18. The van der Waals surface area contributed by atoms with Crippen molar-refractivity contribution in [2.24, 2.45) is 0 Å². The molecule has 0 aliphatic carbocycles. The summed E-state index contributed by atoms with van der Waals surface area (Å²) in [6.45, 7) is 3.72. The SMILES string of the molecule is CCCC(C)NS(=O)(=O)c1cc([N+](=O)[O-])ccc1NC.